The minimum atomic E-state index is -2.94. The van der Waals surface area contributed by atoms with Gasteiger partial charge in [0, 0.05) is 32.3 Å². The number of ether oxygens (including phenoxy) is 1. The molecule has 9 heteroatoms. The van der Waals surface area contributed by atoms with Gasteiger partial charge in [0.15, 0.2) is 5.96 Å². The number of unbranched alkanes of at least 4 members (excludes halogenated alkanes) is 2. The Morgan fingerprint density at radius 3 is 2.43 bits per heavy atom. The number of rotatable bonds is 10. The summed E-state index contributed by atoms with van der Waals surface area (Å²) >= 11 is 0. The Labute approximate surface area is 157 Å². The molecule has 0 amide bonds. The first-order valence-electron chi connectivity index (χ1n) is 7.50. The second kappa shape index (κ2) is 13.8. The summed E-state index contributed by atoms with van der Waals surface area (Å²) in [5, 5.41) is 6.33. The third-order valence-electron chi connectivity index (χ3n) is 3.11. The van der Waals surface area contributed by atoms with E-state index in [0.29, 0.717) is 18.8 Å². The molecule has 7 nitrogen and oxygen atoms in total. The Morgan fingerprint density at radius 1 is 1.26 bits per heavy atom. The van der Waals surface area contributed by atoms with Crippen LogP contribution in [0.3, 0.4) is 0 Å². The molecule has 0 aromatic rings. The Kier molecular flexibility index (Phi) is 14.8. The van der Waals surface area contributed by atoms with Crippen LogP contribution in [0.4, 0.5) is 0 Å². The molecule has 0 aliphatic heterocycles. The highest BCUT2D eigenvalue weighted by Gasteiger charge is 2.09. The van der Waals surface area contributed by atoms with Gasteiger partial charge >= 0.3 is 5.97 Å². The van der Waals surface area contributed by atoms with Crippen molar-refractivity contribution in [3.63, 3.8) is 0 Å². The van der Waals surface area contributed by atoms with Crippen LogP contribution in [0.1, 0.15) is 39.0 Å². The van der Waals surface area contributed by atoms with Gasteiger partial charge in [-0.2, -0.15) is 0 Å². The molecular weight excluding hydrogens is 433 g/mol. The van der Waals surface area contributed by atoms with E-state index in [0.717, 1.165) is 25.8 Å². The van der Waals surface area contributed by atoms with Crippen LogP contribution in [-0.4, -0.2) is 59.1 Å². The molecule has 1 unspecified atom stereocenters. The number of aliphatic imine (C=N–C) groups is 1. The molecule has 0 fully saturated rings. The number of hydrogen-bond donors (Lipinski definition) is 2. The lowest BCUT2D eigenvalue weighted by Gasteiger charge is -2.17. The lowest BCUT2D eigenvalue weighted by molar-refractivity contribution is -0.140. The second-order valence-corrected chi connectivity index (χ2v) is 7.61. The molecule has 0 aromatic heterocycles. The van der Waals surface area contributed by atoms with E-state index in [4.69, 9.17) is 0 Å². The Bertz CT molecular complexity index is 455. The van der Waals surface area contributed by atoms with Gasteiger partial charge in [0.05, 0.1) is 12.9 Å². The van der Waals surface area contributed by atoms with Gasteiger partial charge in [-0.3, -0.25) is 9.79 Å². The SMILES string of the molecule is CN=C(NCCCCCC(=O)OC)NC(C)CCS(C)(=O)=O.I. The van der Waals surface area contributed by atoms with Gasteiger partial charge in [0.2, 0.25) is 0 Å². The van der Waals surface area contributed by atoms with E-state index in [-0.39, 0.29) is 41.7 Å². The van der Waals surface area contributed by atoms with E-state index >= 15 is 0 Å². The van der Waals surface area contributed by atoms with Gasteiger partial charge in [-0.1, -0.05) is 6.42 Å². The summed E-state index contributed by atoms with van der Waals surface area (Å²) < 4.78 is 26.8. The first kappa shape index (κ1) is 24.7. The number of methoxy groups -OCH3 is 1. The van der Waals surface area contributed by atoms with Crippen molar-refractivity contribution in [1.29, 1.82) is 0 Å². The number of halogens is 1. The molecule has 0 bridgehead atoms. The van der Waals surface area contributed by atoms with E-state index < -0.39 is 9.84 Å². The fourth-order valence-electron chi connectivity index (χ4n) is 1.77. The van der Waals surface area contributed by atoms with Crippen LogP contribution in [0, 0.1) is 0 Å². The molecule has 0 heterocycles. The predicted octanol–water partition coefficient (Wildman–Crippen LogP) is 1.33. The van der Waals surface area contributed by atoms with Crippen LogP contribution in [0.5, 0.6) is 0 Å². The lowest BCUT2D eigenvalue weighted by atomic mass is 10.2. The number of guanidine groups is 1. The van der Waals surface area contributed by atoms with Crippen LogP contribution >= 0.6 is 24.0 Å². The Hall–Kier alpha value is -0.580. The third-order valence-corrected chi connectivity index (χ3v) is 4.08. The number of hydrogen-bond acceptors (Lipinski definition) is 5. The molecule has 138 valence electrons. The molecule has 0 radical (unpaired) electrons. The minimum Gasteiger partial charge on any atom is -0.469 e. The van der Waals surface area contributed by atoms with E-state index in [2.05, 4.69) is 20.4 Å². The first-order valence-corrected chi connectivity index (χ1v) is 9.56. The minimum absolute atomic E-state index is 0. The number of nitrogens with zero attached hydrogens (tertiary/aromatic N) is 1. The van der Waals surface area contributed by atoms with Gasteiger partial charge in [-0.15, -0.1) is 24.0 Å². The molecule has 0 spiro atoms. The van der Waals surface area contributed by atoms with Gasteiger partial charge in [-0.05, 0) is 26.2 Å². The fourth-order valence-corrected chi connectivity index (χ4v) is 2.55. The summed E-state index contributed by atoms with van der Waals surface area (Å²) in [7, 11) is 0.134. The monoisotopic (exact) mass is 463 g/mol. The number of sulfone groups is 1. The summed E-state index contributed by atoms with van der Waals surface area (Å²) in [5.74, 6) is 0.644. The summed E-state index contributed by atoms with van der Waals surface area (Å²) in [6.07, 6.45) is 4.90. The van der Waals surface area contributed by atoms with Crippen LogP contribution < -0.4 is 10.6 Å². The average molecular weight is 463 g/mol. The largest absolute Gasteiger partial charge is 0.469 e. The summed E-state index contributed by atoms with van der Waals surface area (Å²) in [5.41, 5.74) is 0. The molecule has 0 rings (SSSR count). The highest BCUT2D eigenvalue weighted by atomic mass is 127. The summed E-state index contributed by atoms with van der Waals surface area (Å²) in [6.45, 7) is 2.67. The first-order chi connectivity index (χ1) is 10.3. The molecular formula is C14H30IN3O4S. The third kappa shape index (κ3) is 16.1. The van der Waals surface area contributed by atoms with Crippen molar-refractivity contribution in [3.8, 4) is 0 Å². The van der Waals surface area contributed by atoms with Gasteiger partial charge < -0.3 is 15.4 Å². The van der Waals surface area contributed by atoms with Crippen LogP contribution in [0.2, 0.25) is 0 Å². The topological polar surface area (TPSA) is 96.9 Å². The van der Waals surface area contributed by atoms with E-state index in [1.165, 1.54) is 13.4 Å². The quantitative estimate of drug-likeness (QED) is 0.167. The van der Waals surface area contributed by atoms with Crippen LogP contribution in [0.25, 0.3) is 0 Å². The van der Waals surface area contributed by atoms with Gasteiger partial charge in [-0.25, -0.2) is 8.42 Å². The van der Waals surface area contributed by atoms with Crippen molar-refractivity contribution in [2.24, 2.45) is 4.99 Å². The van der Waals surface area contributed by atoms with Crippen LogP contribution in [0.15, 0.2) is 4.99 Å². The molecule has 23 heavy (non-hydrogen) atoms. The number of esters is 1. The van der Waals surface area contributed by atoms with E-state index in [9.17, 15) is 13.2 Å². The van der Waals surface area contributed by atoms with Crippen molar-refractivity contribution in [3.05, 3.63) is 0 Å². The standard InChI is InChI=1S/C14H29N3O4S.HI/c1-12(9-11-22(4,19)20)17-14(15-2)16-10-7-5-6-8-13(18)21-3;/h12H,5-11H2,1-4H3,(H2,15,16,17);1H. The normalized spacial score (nSPS) is 13.0. The molecule has 0 saturated heterocycles. The Morgan fingerprint density at radius 2 is 1.91 bits per heavy atom. The average Bonchev–Trinajstić information content (AvgIpc) is 2.46. The highest BCUT2D eigenvalue weighted by Crippen LogP contribution is 2.00. The Balaban J connectivity index is 0. The number of carbonyl (C=O) groups excluding carboxylic acids is 1. The molecule has 0 aliphatic carbocycles. The maximum Gasteiger partial charge on any atom is 0.305 e. The van der Waals surface area contributed by atoms with Crippen LogP contribution in [-0.2, 0) is 19.4 Å². The van der Waals surface area contributed by atoms with Crippen molar-refractivity contribution in [1.82, 2.24) is 10.6 Å². The lowest BCUT2D eigenvalue weighted by Crippen LogP contribution is -2.43. The maximum absolute atomic E-state index is 11.1. The number of nitrogens with one attached hydrogen (secondary N) is 2. The summed E-state index contributed by atoms with van der Waals surface area (Å²) in [6, 6.07) is 0.0280. The van der Waals surface area contributed by atoms with Crippen molar-refractivity contribution < 1.29 is 17.9 Å². The predicted molar refractivity (Wildman–Crippen MR) is 104 cm³/mol. The molecule has 1 atom stereocenters. The van der Waals surface area contributed by atoms with Crippen molar-refractivity contribution >= 4 is 45.7 Å². The van der Waals surface area contributed by atoms with E-state index in [1.54, 1.807) is 7.05 Å². The molecule has 0 aromatic carbocycles. The van der Waals surface area contributed by atoms with Crippen molar-refractivity contribution in [2.45, 2.75) is 45.1 Å². The maximum atomic E-state index is 11.1. The summed E-state index contributed by atoms with van der Waals surface area (Å²) in [4.78, 5) is 15.0. The van der Waals surface area contributed by atoms with Gasteiger partial charge in [0.1, 0.15) is 9.84 Å². The molecule has 0 aliphatic rings. The van der Waals surface area contributed by atoms with E-state index in [1.807, 2.05) is 6.92 Å². The second-order valence-electron chi connectivity index (χ2n) is 5.35. The zero-order chi connectivity index (χ0) is 17.0. The van der Waals surface area contributed by atoms with Gasteiger partial charge in [0.25, 0.3) is 0 Å². The molecule has 2 N–H and O–H groups in total. The smallest absolute Gasteiger partial charge is 0.305 e. The fraction of sp³-hybridized carbons (Fsp3) is 0.857. The van der Waals surface area contributed by atoms with Crippen molar-refractivity contribution in [2.75, 3.05) is 32.7 Å². The highest BCUT2D eigenvalue weighted by molar-refractivity contribution is 14.0. The molecule has 0 saturated carbocycles. The zero-order valence-corrected chi connectivity index (χ0v) is 17.6. The zero-order valence-electron chi connectivity index (χ0n) is 14.4. The number of carbonyl (C=O) groups is 1.